The second-order valence-corrected chi connectivity index (χ2v) is 4.12. The van der Waals surface area contributed by atoms with Crippen molar-refractivity contribution in [2.24, 2.45) is 0 Å². The maximum absolute atomic E-state index is 9.25. The van der Waals surface area contributed by atoms with Crippen LogP contribution in [0.2, 0.25) is 0 Å². The first-order valence-corrected chi connectivity index (χ1v) is 5.70. The summed E-state index contributed by atoms with van der Waals surface area (Å²) in [6, 6.07) is 2.73. The van der Waals surface area contributed by atoms with Gasteiger partial charge in [0.25, 0.3) is 0 Å². The molecule has 2 heterocycles. The molecule has 0 aromatic heterocycles. The molecule has 2 rings (SSSR count). The number of nitrogens with zero attached hydrogens (tertiary/aromatic N) is 2. The Bertz CT molecular complexity index is 206. The van der Waals surface area contributed by atoms with E-state index in [4.69, 9.17) is 0 Å². The van der Waals surface area contributed by atoms with Crippen molar-refractivity contribution < 1.29 is 0 Å². The lowest BCUT2D eigenvalue weighted by Gasteiger charge is -2.37. The summed E-state index contributed by atoms with van der Waals surface area (Å²) in [4.78, 5) is 2.28. The van der Waals surface area contributed by atoms with Gasteiger partial charge in [0.05, 0.1) is 6.07 Å². The zero-order valence-corrected chi connectivity index (χ0v) is 9.00. The van der Waals surface area contributed by atoms with E-state index in [0.29, 0.717) is 0 Å². The van der Waals surface area contributed by atoms with Crippen LogP contribution in [0.25, 0.3) is 0 Å². The summed E-state index contributed by atoms with van der Waals surface area (Å²) in [7, 11) is 0. The van der Waals surface area contributed by atoms with E-state index >= 15 is 0 Å². The molecule has 84 valence electrons. The maximum Gasteiger partial charge on any atom is 0.115 e. The third kappa shape index (κ3) is 2.67. The number of rotatable bonds is 2. The normalized spacial score (nSPS) is 30.7. The fourth-order valence-corrected chi connectivity index (χ4v) is 2.29. The highest BCUT2D eigenvalue weighted by Gasteiger charge is 2.29. The van der Waals surface area contributed by atoms with Crippen LogP contribution in [0.3, 0.4) is 0 Å². The molecule has 0 bridgehead atoms. The van der Waals surface area contributed by atoms with Gasteiger partial charge in [-0.25, -0.2) is 0 Å². The Labute approximate surface area is 90.8 Å². The molecule has 0 spiro atoms. The maximum atomic E-state index is 9.25. The molecule has 3 N–H and O–H groups in total. The molecule has 0 aromatic carbocycles. The smallest absolute Gasteiger partial charge is 0.115 e. The number of hydrogen-bond donors (Lipinski definition) is 3. The summed E-state index contributed by atoms with van der Waals surface area (Å²) >= 11 is 0. The number of piperazine rings is 2. The molecule has 15 heavy (non-hydrogen) atoms. The summed E-state index contributed by atoms with van der Waals surface area (Å²) in [5.74, 6) is 0. The minimum atomic E-state index is 0.0138. The standard InChI is InChI=1S/C10H19N5/c11-7-10(9-8-13-1-2-14-9)15-5-3-12-4-6-15/h9-10,12-14H,1-6,8H2. The van der Waals surface area contributed by atoms with Crippen LogP contribution in [0.15, 0.2) is 0 Å². The first-order valence-electron chi connectivity index (χ1n) is 5.70. The van der Waals surface area contributed by atoms with Crippen LogP contribution in [0.1, 0.15) is 0 Å². The zero-order valence-electron chi connectivity index (χ0n) is 9.00. The largest absolute Gasteiger partial charge is 0.314 e. The molecular weight excluding hydrogens is 190 g/mol. The summed E-state index contributed by atoms with van der Waals surface area (Å²) < 4.78 is 0. The Balaban J connectivity index is 1.92. The van der Waals surface area contributed by atoms with Gasteiger partial charge in [-0.15, -0.1) is 0 Å². The molecule has 5 nitrogen and oxygen atoms in total. The van der Waals surface area contributed by atoms with Gasteiger partial charge in [-0.05, 0) is 0 Å². The van der Waals surface area contributed by atoms with Crippen molar-refractivity contribution in [3.8, 4) is 6.07 Å². The molecule has 2 atom stereocenters. The van der Waals surface area contributed by atoms with E-state index in [-0.39, 0.29) is 12.1 Å². The van der Waals surface area contributed by atoms with Crippen molar-refractivity contribution in [2.75, 3.05) is 45.8 Å². The lowest BCUT2D eigenvalue weighted by atomic mass is 10.1. The molecule has 2 unspecified atom stereocenters. The van der Waals surface area contributed by atoms with Gasteiger partial charge in [0, 0.05) is 51.9 Å². The van der Waals surface area contributed by atoms with Gasteiger partial charge < -0.3 is 16.0 Å². The van der Waals surface area contributed by atoms with Crippen LogP contribution in [-0.2, 0) is 0 Å². The average molecular weight is 209 g/mol. The predicted octanol–water partition coefficient (Wildman–Crippen LogP) is -1.65. The van der Waals surface area contributed by atoms with E-state index in [2.05, 4.69) is 26.9 Å². The van der Waals surface area contributed by atoms with E-state index < -0.39 is 0 Å². The van der Waals surface area contributed by atoms with Crippen molar-refractivity contribution in [1.82, 2.24) is 20.9 Å². The first-order chi connectivity index (χ1) is 7.42. The van der Waals surface area contributed by atoms with Crippen LogP contribution in [0.4, 0.5) is 0 Å². The average Bonchev–Trinajstić information content (AvgIpc) is 2.33. The second-order valence-electron chi connectivity index (χ2n) is 4.12. The van der Waals surface area contributed by atoms with Gasteiger partial charge >= 0.3 is 0 Å². The topological polar surface area (TPSA) is 63.1 Å². The van der Waals surface area contributed by atoms with Crippen LogP contribution >= 0.6 is 0 Å². The summed E-state index contributed by atoms with van der Waals surface area (Å²) in [5.41, 5.74) is 0. The molecular formula is C10H19N5. The van der Waals surface area contributed by atoms with Crippen molar-refractivity contribution in [1.29, 1.82) is 5.26 Å². The number of hydrogen-bond acceptors (Lipinski definition) is 5. The molecule has 2 aliphatic rings. The molecule has 5 heteroatoms. The molecule has 0 radical (unpaired) electrons. The molecule has 0 aromatic rings. The summed E-state index contributed by atoms with van der Waals surface area (Å²) in [6.07, 6.45) is 0. The Kier molecular flexibility index (Phi) is 3.92. The monoisotopic (exact) mass is 209 g/mol. The SMILES string of the molecule is N#CC(C1CNCCN1)N1CCNCC1. The van der Waals surface area contributed by atoms with Crippen molar-refractivity contribution in [2.45, 2.75) is 12.1 Å². The Morgan fingerprint density at radius 2 is 1.93 bits per heavy atom. The Morgan fingerprint density at radius 1 is 1.13 bits per heavy atom. The van der Waals surface area contributed by atoms with E-state index in [1.54, 1.807) is 0 Å². The van der Waals surface area contributed by atoms with Crippen molar-refractivity contribution in [3.63, 3.8) is 0 Å². The molecule has 2 saturated heterocycles. The minimum absolute atomic E-state index is 0.0138. The highest BCUT2D eigenvalue weighted by molar-refractivity contribution is 5.03. The lowest BCUT2D eigenvalue weighted by Crippen LogP contribution is -2.61. The van der Waals surface area contributed by atoms with Crippen LogP contribution in [0, 0.1) is 11.3 Å². The van der Waals surface area contributed by atoms with Gasteiger partial charge in [0.1, 0.15) is 6.04 Å². The molecule has 2 aliphatic heterocycles. The Hall–Kier alpha value is -0.670. The van der Waals surface area contributed by atoms with Gasteiger partial charge in [-0.1, -0.05) is 0 Å². The van der Waals surface area contributed by atoms with Gasteiger partial charge in [0.15, 0.2) is 0 Å². The van der Waals surface area contributed by atoms with E-state index in [1.807, 2.05) is 0 Å². The van der Waals surface area contributed by atoms with Crippen LogP contribution < -0.4 is 16.0 Å². The van der Waals surface area contributed by atoms with Gasteiger partial charge in [-0.2, -0.15) is 5.26 Å². The predicted molar refractivity (Wildman–Crippen MR) is 58.5 cm³/mol. The summed E-state index contributed by atoms with van der Waals surface area (Å²) in [6.45, 7) is 6.84. The third-order valence-corrected chi connectivity index (χ3v) is 3.13. The van der Waals surface area contributed by atoms with Gasteiger partial charge in [0.2, 0.25) is 0 Å². The zero-order chi connectivity index (χ0) is 10.5. The van der Waals surface area contributed by atoms with Crippen LogP contribution in [0.5, 0.6) is 0 Å². The van der Waals surface area contributed by atoms with Gasteiger partial charge in [-0.3, -0.25) is 4.90 Å². The molecule has 0 amide bonds. The number of nitrogens with one attached hydrogen (secondary N) is 3. The Morgan fingerprint density at radius 3 is 2.53 bits per heavy atom. The van der Waals surface area contributed by atoms with E-state index in [1.165, 1.54) is 0 Å². The number of nitriles is 1. The van der Waals surface area contributed by atoms with Crippen molar-refractivity contribution in [3.05, 3.63) is 0 Å². The molecule has 2 fully saturated rings. The highest BCUT2D eigenvalue weighted by atomic mass is 15.2. The highest BCUT2D eigenvalue weighted by Crippen LogP contribution is 2.06. The van der Waals surface area contributed by atoms with E-state index in [9.17, 15) is 5.26 Å². The molecule has 0 aliphatic carbocycles. The fourth-order valence-electron chi connectivity index (χ4n) is 2.29. The fraction of sp³-hybridized carbons (Fsp3) is 0.900. The first kappa shape index (κ1) is 10.8. The quantitative estimate of drug-likeness (QED) is 0.508. The second kappa shape index (κ2) is 5.42. The van der Waals surface area contributed by atoms with E-state index in [0.717, 1.165) is 45.8 Å². The third-order valence-electron chi connectivity index (χ3n) is 3.13. The summed E-state index contributed by atoms with van der Waals surface area (Å²) in [5, 5.41) is 19.3. The van der Waals surface area contributed by atoms with Crippen molar-refractivity contribution >= 4 is 0 Å². The van der Waals surface area contributed by atoms with Crippen LogP contribution in [-0.4, -0.2) is 62.8 Å². The molecule has 0 saturated carbocycles. The lowest BCUT2D eigenvalue weighted by molar-refractivity contribution is 0.165. The minimum Gasteiger partial charge on any atom is -0.314 e.